The van der Waals surface area contributed by atoms with Gasteiger partial charge in [0, 0.05) is 42.4 Å². The molecule has 3 heterocycles. The van der Waals surface area contributed by atoms with Gasteiger partial charge in [0.05, 0.1) is 17.8 Å². The van der Waals surface area contributed by atoms with Gasteiger partial charge in [-0.25, -0.2) is 0 Å². The number of amides is 1. The topological polar surface area (TPSA) is 62.2 Å². The smallest absolute Gasteiger partial charge is 0.226 e. The number of carbonyl (C=O) groups is 1. The van der Waals surface area contributed by atoms with Crippen molar-refractivity contribution >= 4 is 28.9 Å². The number of benzene rings is 2. The lowest BCUT2D eigenvalue weighted by Crippen LogP contribution is -2.33. The van der Waals surface area contributed by atoms with E-state index in [9.17, 15) is 4.79 Å². The second kappa shape index (κ2) is 11.0. The average Bonchev–Trinajstić information content (AvgIpc) is 3.52. The molecule has 5 rings (SSSR count). The van der Waals surface area contributed by atoms with E-state index in [1.54, 1.807) is 6.20 Å². The number of rotatable bonds is 8. The third-order valence-electron chi connectivity index (χ3n) is 6.91. The third kappa shape index (κ3) is 5.13. The molecule has 7 heteroatoms. The molecule has 1 aliphatic heterocycles. The van der Waals surface area contributed by atoms with E-state index >= 15 is 0 Å². The zero-order valence-electron chi connectivity index (χ0n) is 21.1. The number of thiocarbonyl (C=S) groups is 1. The summed E-state index contributed by atoms with van der Waals surface area (Å²) in [5.41, 5.74) is 6.30. The van der Waals surface area contributed by atoms with Crippen LogP contribution in [0.5, 0.6) is 0 Å². The number of hydrogen-bond donors (Lipinski definition) is 2. The van der Waals surface area contributed by atoms with Gasteiger partial charge in [0.25, 0.3) is 0 Å². The van der Waals surface area contributed by atoms with Crippen molar-refractivity contribution < 1.29 is 4.79 Å². The van der Waals surface area contributed by atoms with Crippen LogP contribution < -0.4 is 10.6 Å². The van der Waals surface area contributed by atoms with Crippen molar-refractivity contribution in [1.29, 1.82) is 0 Å². The Hall–Kier alpha value is -3.97. The summed E-state index contributed by atoms with van der Waals surface area (Å²) in [6, 6.07) is 26.1. The summed E-state index contributed by atoms with van der Waals surface area (Å²) in [7, 11) is 0. The highest BCUT2D eigenvalue weighted by molar-refractivity contribution is 7.80. The highest BCUT2D eigenvalue weighted by Crippen LogP contribution is 2.39. The molecular formula is C30H31N5OS. The zero-order valence-corrected chi connectivity index (χ0v) is 21.9. The van der Waals surface area contributed by atoms with Gasteiger partial charge in [-0.2, -0.15) is 0 Å². The first-order chi connectivity index (χ1) is 18.1. The van der Waals surface area contributed by atoms with Crippen LogP contribution in [-0.4, -0.2) is 32.0 Å². The van der Waals surface area contributed by atoms with Crippen molar-refractivity contribution in [2.45, 2.75) is 38.8 Å². The number of nitrogens with one attached hydrogen (secondary N) is 2. The maximum absolute atomic E-state index is 13.0. The summed E-state index contributed by atoms with van der Waals surface area (Å²) in [5.74, 6) is -0.0296. The number of nitrogens with zero attached hydrogens (tertiary/aromatic N) is 3. The Kier molecular flexibility index (Phi) is 7.32. The number of carbonyl (C=O) groups excluding carboxylic acids is 1. The van der Waals surface area contributed by atoms with Gasteiger partial charge in [0.2, 0.25) is 5.91 Å². The Bertz CT molecular complexity index is 1400. The quantitative estimate of drug-likeness (QED) is 0.297. The maximum Gasteiger partial charge on any atom is 0.226 e. The Balaban J connectivity index is 1.45. The minimum atomic E-state index is -0.143. The Morgan fingerprint density at radius 3 is 2.59 bits per heavy atom. The highest BCUT2D eigenvalue weighted by atomic mass is 32.1. The fraction of sp³-hybridized carbons (Fsp3) is 0.233. The van der Waals surface area contributed by atoms with Crippen LogP contribution in [0.15, 0.2) is 91.3 Å². The molecule has 0 saturated carbocycles. The van der Waals surface area contributed by atoms with E-state index in [1.807, 2.05) is 48.5 Å². The average molecular weight is 510 g/mol. The van der Waals surface area contributed by atoms with E-state index < -0.39 is 0 Å². The molecule has 188 valence electrons. The lowest BCUT2D eigenvalue weighted by atomic mass is 10.0. The first-order valence-corrected chi connectivity index (χ1v) is 13.1. The molecule has 6 nitrogen and oxygen atoms in total. The molecule has 2 unspecified atom stereocenters. The molecule has 2 atom stereocenters. The third-order valence-corrected chi connectivity index (χ3v) is 7.26. The van der Waals surface area contributed by atoms with E-state index in [-0.39, 0.29) is 18.0 Å². The SMILES string of the molecule is CCc1ccccc1NC(=O)CCN1C(=S)NC(c2ccccn2)C1c1cccn1-c1ccccc1C. The molecule has 0 spiro atoms. The van der Waals surface area contributed by atoms with Crippen LogP contribution >= 0.6 is 12.2 Å². The summed E-state index contributed by atoms with van der Waals surface area (Å²) in [6.07, 6.45) is 5.07. The van der Waals surface area contributed by atoms with E-state index in [1.165, 1.54) is 5.56 Å². The van der Waals surface area contributed by atoms with E-state index in [0.29, 0.717) is 18.1 Å². The van der Waals surface area contributed by atoms with Crippen LogP contribution in [-0.2, 0) is 11.2 Å². The molecule has 1 fully saturated rings. The zero-order chi connectivity index (χ0) is 25.8. The second-order valence-electron chi connectivity index (χ2n) is 9.22. The first-order valence-electron chi connectivity index (χ1n) is 12.7. The van der Waals surface area contributed by atoms with Crippen LogP contribution in [0.4, 0.5) is 5.69 Å². The molecule has 2 aromatic heterocycles. The number of hydrogen-bond acceptors (Lipinski definition) is 3. The van der Waals surface area contributed by atoms with Gasteiger partial charge in [-0.3, -0.25) is 9.78 Å². The van der Waals surface area contributed by atoms with Gasteiger partial charge in [-0.05, 0) is 73.1 Å². The van der Waals surface area contributed by atoms with Crippen LogP contribution in [0, 0.1) is 6.92 Å². The number of anilines is 1. The number of aromatic nitrogens is 2. The van der Waals surface area contributed by atoms with Gasteiger partial charge >= 0.3 is 0 Å². The highest BCUT2D eigenvalue weighted by Gasteiger charge is 2.41. The van der Waals surface area contributed by atoms with Gasteiger partial charge in [-0.1, -0.05) is 49.4 Å². The molecule has 0 bridgehead atoms. The predicted octanol–water partition coefficient (Wildman–Crippen LogP) is 5.74. The van der Waals surface area contributed by atoms with Crippen molar-refractivity contribution in [2.75, 3.05) is 11.9 Å². The van der Waals surface area contributed by atoms with Crippen molar-refractivity contribution in [3.63, 3.8) is 0 Å². The second-order valence-corrected chi connectivity index (χ2v) is 9.61. The standard InChI is InChI=1S/C30H31N5OS/c1-3-22-12-5-6-13-23(22)32-27(36)17-20-35-29(28(33-30(35)37)24-14-8-9-18-31-24)26-16-10-19-34(26)25-15-7-4-11-21(25)2/h4-16,18-19,28-29H,3,17,20H2,1-2H3,(H,32,36)(H,33,37). The van der Waals surface area contributed by atoms with Crippen molar-refractivity contribution in [2.24, 2.45) is 0 Å². The maximum atomic E-state index is 13.0. The van der Waals surface area contributed by atoms with Crippen molar-refractivity contribution in [3.8, 4) is 5.69 Å². The van der Waals surface area contributed by atoms with Crippen molar-refractivity contribution in [1.82, 2.24) is 19.8 Å². The summed E-state index contributed by atoms with van der Waals surface area (Å²) >= 11 is 5.82. The summed E-state index contributed by atoms with van der Waals surface area (Å²) in [6.45, 7) is 4.69. The summed E-state index contributed by atoms with van der Waals surface area (Å²) < 4.78 is 2.22. The summed E-state index contributed by atoms with van der Waals surface area (Å²) in [5, 5.41) is 7.21. The van der Waals surface area contributed by atoms with E-state index in [0.717, 1.165) is 34.7 Å². The van der Waals surface area contributed by atoms with Crippen LogP contribution in [0.25, 0.3) is 5.69 Å². The molecule has 2 N–H and O–H groups in total. The molecule has 0 radical (unpaired) electrons. The van der Waals surface area contributed by atoms with Crippen molar-refractivity contribution in [3.05, 3.63) is 114 Å². The van der Waals surface area contributed by atoms with Gasteiger partial charge in [0.15, 0.2) is 5.11 Å². The van der Waals surface area contributed by atoms with Gasteiger partial charge < -0.3 is 20.1 Å². The number of para-hydroxylation sites is 2. The summed E-state index contributed by atoms with van der Waals surface area (Å²) in [4.78, 5) is 19.8. The molecule has 37 heavy (non-hydrogen) atoms. The monoisotopic (exact) mass is 509 g/mol. The van der Waals surface area contributed by atoms with Crippen LogP contribution in [0.2, 0.25) is 0 Å². The molecular weight excluding hydrogens is 478 g/mol. The minimum absolute atomic E-state index is 0.0296. The lowest BCUT2D eigenvalue weighted by Gasteiger charge is -2.29. The molecule has 1 amide bonds. The van der Waals surface area contributed by atoms with Gasteiger partial charge in [0.1, 0.15) is 0 Å². The minimum Gasteiger partial charge on any atom is -0.352 e. The fourth-order valence-corrected chi connectivity index (χ4v) is 5.37. The van der Waals surface area contributed by atoms with Crippen LogP contribution in [0.3, 0.4) is 0 Å². The van der Waals surface area contributed by atoms with E-state index in [4.69, 9.17) is 12.2 Å². The number of pyridine rings is 1. The Morgan fingerprint density at radius 2 is 1.81 bits per heavy atom. The normalized spacial score (nSPS) is 17.0. The fourth-order valence-electron chi connectivity index (χ4n) is 5.04. The first kappa shape index (κ1) is 24.7. The predicted molar refractivity (Wildman–Crippen MR) is 152 cm³/mol. The van der Waals surface area contributed by atoms with E-state index in [2.05, 4.69) is 75.5 Å². The van der Waals surface area contributed by atoms with Gasteiger partial charge in [-0.15, -0.1) is 0 Å². The largest absolute Gasteiger partial charge is 0.352 e. The number of aryl methyl sites for hydroxylation is 2. The van der Waals surface area contributed by atoms with Crippen LogP contribution in [0.1, 0.15) is 47.9 Å². The Labute approximate surface area is 223 Å². The molecule has 2 aromatic carbocycles. The molecule has 0 aliphatic carbocycles. The Morgan fingerprint density at radius 1 is 1.03 bits per heavy atom. The molecule has 4 aromatic rings. The molecule has 1 saturated heterocycles. The lowest BCUT2D eigenvalue weighted by molar-refractivity contribution is -0.116. The molecule has 1 aliphatic rings.